The fourth-order valence-electron chi connectivity index (χ4n) is 3.83. The van der Waals surface area contributed by atoms with Crippen molar-refractivity contribution in [2.24, 2.45) is 0 Å². The van der Waals surface area contributed by atoms with Gasteiger partial charge in [0.2, 0.25) is 0 Å². The molecule has 1 aliphatic heterocycles. The molecule has 0 radical (unpaired) electrons. The van der Waals surface area contributed by atoms with Crippen LogP contribution in [0.25, 0.3) is 16.9 Å². The van der Waals surface area contributed by atoms with Crippen LogP contribution in [0.15, 0.2) is 27.6 Å². The molecule has 1 amide bonds. The molecule has 0 saturated carbocycles. The molecule has 1 N–H and O–H groups in total. The molecule has 1 aliphatic carbocycles. The minimum Gasteiger partial charge on any atom is -0.465 e. The van der Waals surface area contributed by atoms with Gasteiger partial charge >= 0.3 is 11.8 Å². The third kappa shape index (κ3) is 3.41. The molecule has 1 fully saturated rings. The van der Waals surface area contributed by atoms with Crippen LogP contribution in [0, 0.1) is 0 Å². The first-order valence-electron chi connectivity index (χ1n) is 9.10. The Hall–Kier alpha value is -2.13. The number of pyridine rings is 1. The Labute approximate surface area is 164 Å². The van der Waals surface area contributed by atoms with Crippen molar-refractivity contribution >= 4 is 38.9 Å². The number of halogens is 1. The second-order valence-electron chi connectivity index (χ2n) is 6.87. The first-order valence-corrected chi connectivity index (χ1v) is 9.89. The number of aromatic nitrogens is 3. The topological polar surface area (TPSA) is 89.6 Å². The van der Waals surface area contributed by atoms with Crippen LogP contribution in [0.4, 0.5) is 4.79 Å². The van der Waals surface area contributed by atoms with Gasteiger partial charge in [0.15, 0.2) is 5.65 Å². The van der Waals surface area contributed by atoms with Gasteiger partial charge in [0.05, 0.1) is 31.3 Å². The molecule has 1 unspecified atom stereocenters. The molecule has 1 atom stereocenters. The molecular formula is C18H21BrN4O4. The molecule has 8 nitrogen and oxygen atoms in total. The molecule has 0 spiro atoms. The number of carbonyl (C=O) groups is 1. The predicted octanol–water partition coefficient (Wildman–Crippen LogP) is 2.75. The van der Waals surface area contributed by atoms with Crippen LogP contribution in [0.2, 0.25) is 0 Å². The molecule has 144 valence electrons. The molecule has 4 rings (SSSR count). The van der Waals surface area contributed by atoms with E-state index in [-0.39, 0.29) is 18.8 Å². The van der Waals surface area contributed by atoms with Gasteiger partial charge in [-0.3, -0.25) is 9.47 Å². The van der Waals surface area contributed by atoms with E-state index in [1.54, 1.807) is 15.3 Å². The van der Waals surface area contributed by atoms with Crippen molar-refractivity contribution in [3.05, 3.63) is 33.3 Å². The number of fused-ring (bicyclic) bond motifs is 1. The number of hydrogen-bond donors (Lipinski definition) is 1. The van der Waals surface area contributed by atoms with E-state index in [0.717, 1.165) is 35.9 Å². The first-order chi connectivity index (χ1) is 13.1. The van der Waals surface area contributed by atoms with E-state index in [1.165, 1.54) is 4.90 Å². The lowest BCUT2D eigenvalue weighted by atomic mass is 10.0. The Morgan fingerprint density at radius 2 is 2.26 bits per heavy atom. The van der Waals surface area contributed by atoms with Crippen LogP contribution in [0.1, 0.15) is 25.7 Å². The van der Waals surface area contributed by atoms with Crippen LogP contribution in [-0.4, -0.2) is 56.0 Å². The predicted molar refractivity (Wildman–Crippen MR) is 104 cm³/mol. The molecule has 0 bridgehead atoms. The van der Waals surface area contributed by atoms with Gasteiger partial charge in [-0.15, -0.1) is 0 Å². The van der Waals surface area contributed by atoms with Crippen LogP contribution >= 0.6 is 15.9 Å². The summed E-state index contributed by atoms with van der Waals surface area (Å²) in [6.07, 6.45) is 6.76. The van der Waals surface area contributed by atoms with E-state index in [1.807, 2.05) is 6.07 Å². The van der Waals surface area contributed by atoms with Crippen molar-refractivity contribution in [1.29, 1.82) is 0 Å². The number of amides is 1. The van der Waals surface area contributed by atoms with E-state index in [0.29, 0.717) is 24.3 Å². The van der Waals surface area contributed by atoms with E-state index in [4.69, 9.17) is 4.74 Å². The number of nitrogens with zero attached hydrogens (tertiary/aromatic N) is 4. The molecule has 9 heteroatoms. The third-order valence-corrected chi connectivity index (χ3v) is 5.59. The lowest BCUT2D eigenvalue weighted by Crippen LogP contribution is -2.50. The number of morpholine rings is 1. The van der Waals surface area contributed by atoms with E-state index in [9.17, 15) is 14.7 Å². The fourth-order valence-corrected chi connectivity index (χ4v) is 4.15. The highest BCUT2D eigenvalue weighted by Gasteiger charge is 2.29. The molecule has 0 aromatic carbocycles. The van der Waals surface area contributed by atoms with E-state index in [2.05, 4.69) is 27.0 Å². The fraction of sp³-hybridized carbons (Fsp3) is 0.500. The van der Waals surface area contributed by atoms with Gasteiger partial charge in [0.25, 0.3) is 0 Å². The Morgan fingerprint density at radius 3 is 3.00 bits per heavy atom. The summed E-state index contributed by atoms with van der Waals surface area (Å²) in [5.41, 5.74) is 2.09. The summed E-state index contributed by atoms with van der Waals surface area (Å²) >= 11 is 3.43. The molecule has 2 aromatic heterocycles. The third-order valence-electron chi connectivity index (χ3n) is 5.16. The largest absolute Gasteiger partial charge is 0.465 e. The average Bonchev–Trinajstić information content (AvgIpc) is 2.94. The summed E-state index contributed by atoms with van der Waals surface area (Å²) in [6.45, 7) is 1.19. The van der Waals surface area contributed by atoms with Crippen LogP contribution < -0.4 is 5.69 Å². The van der Waals surface area contributed by atoms with Crippen LogP contribution in [0.5, 0.6) is 0 Å². The van der Waals surface area contributed by atoms with Crippen molar-refractivity contribution in [2.45, 2.75) is 38.3 Å². The lowest BCUT2D eigenvalue weighted by molar-refractivity contribution is -0.00537. The van der Waals surface area contributed by atoms with Gasteiger partial charge < -0.3 is 9.84 Å². The Morgan fingerprint density at radius 1 is 1.41 bits per heavy atom. The van der Waals surface area contributed by atoms with Crippen molar-refractivity contribution in [2.75, 3.05) is 19.8 Å². The van der Waals surface area contributed by atoms with Gasteiger partial charge in [-0.05, 0) is 47.7 Å². The van der Waals surface area contributed by atoms with Gasteiger partial charge in [-0.1, -0.05) is 6.08 Å². The van der Waals surface area contributed by atoms with Crippen LogP contribution in [0.3, 0.4) is 0 Å². The van der Waals surface area contributed by atoms with Gasteiger partial charge in [0, 0.05) is 22.9 Å². The van der Waals surface area contributed by atoms with E-state index < -0.39 is 12.1 Å². The Balaban J connectivity index is 1.81. The van der Waals surface area contributed by atoms with Gasteiger partial charge in [-0.25, -0.2) is 19.1 Å². The normalized spacial score (nSPS) is 20.7. The zero-order valence-corrected chi connectivity index (χ0v) is 16.4. The Bertz CT molecular complexity index is 964. The number of hydrogen-bond acceptors (Lipinski definition) is 4. The molecule has 3 heterocycles. The standard InChI is InChI=1S/C18H21BrN4O4/c19-12-8-15-16(20-9-12)23(13-4-2-1-3-5-13)17(24)22(15)10-14-11-27-7-6-21(14)18(25)26/h4,8-9,14H,1-3,5-7,10-11H2,(H,25,26). The van der Waals surface area contributed by atoms with Crippen molar-refractivity contribution in [3.8, 4) is 0 Å². The smallest absolute Gasteiger partial charge is 0.407 e. The highest BCUT2D eigenvalue weighted by molar-refractivity contribution is 9.10. The maximum absolute atomic E-state index is 13.3. The minimum atomic E-state index is -0.991. The lowest BCUT2D eigenvalue weighted by Gasteiger charge is -2.33. The maximum Gasteiger partial charge on any atom is 0.407 e. The minimum absolute atomic E-state index is 0.181. The zero-order valence-electron chi connectivity index (χ0n) is 14.8. The van der Waals surface area contributed by atoms with Crippen molar-refractivity contribution < 1.29 is 14.6 Å². The summed E-state index contributed by atoms with van der Waals surface area (Å²) in [4.78, 5) is 30.7. The van der Waals surface area contributed by atoms with Crippen molar-refractivity contribution in [3.63, 3.8) is 0 Å². The summed E-state index contributed by atoms with van der Waals surface area (Å²) in [6, 6.07) is 1.45. The number of carboxylic acid groups (broad SMARTS) is 1. The summed E-state index contributed by atoms with van der Waals surface area (Å²) < 4.78 is 9.54. The number of ether oxygens (including phenoxy) is 1. The summed E-state index contributed by atoms with van der Waals surface area (Å²) in [5, 5.41) is 9.47. The molecule has 2 aromatic rings. The quantitative estimate of drug-likeness (QED) is 0.798. The highest BCUT2D eigenvalue weighted by atomic mass is 79.9. The SMILES string of the molecule is O=C(O)N1CCOCC1Cn1c(=O)n(C2=CCCCC2)c2ncc(Br)cc21. The highest BCUT2D eigenvalue weighted by Crippen LogP contribution is 2.25. The monoisotopic (exact) mass is 436 g/mol. The maximum atomic E-state index is 13.3. The van der Waals surface area contributed by atoms with Crippen molar-refractivity contribution in [1.82, 2.24) is 19.0 Å². The number of allylic oxidation sites excluding steroid dienone is 2. The number of imidazole rings is 1. The average molecular weight is 437 g/mol. The second kappa shape index (κ2) is 7.47. The number of rotatable bonds is 3. The second-order valence-corrected chi connectivity index (χ2v) is 7.79. The van der Waals surface area contributed by atoms with Gasteiger partial charge in [-0.2, -0.15) is 0 Å². The molecule has 1 saturated heterocycles. The molecular weight excluding hydrogens is 416 g/mol. The zero-order chi connectivity index (χ0) is 19.0. The molecule has 27 heavy (non-hydrogen) atoms. The first kappa shape index (κ1) is 18.2. The summed E-state index contributed by atoms with van der Waals surface area (Å²) in [7, 11) is 0. The Kier molecular flexibility index (Phi) is 5.05. The summed E-state index contributed by atoms with van der Waals surface area (Å²) in [5.74, 6) is 0. The molecule has 2 aliphatic rings. The van der Waals surface area contributed by atoms with Crippen LogP contribution in [-0.2, 0) is 11.3 Å². The van der Waals surface area contributed by atoms with E-state index >= 15 is 0 Å². The van der Waals surface area contributed by atoms with Gasteiger partial charge in [0.1, 0.15) is 0 Å².